The predicted molar refractivity (Wildman–Crippen MR) is 79.7 cm³/mol. The van der Waals surface area contributed by atoms with Crippen molar-refractivity contribution in [2.24, 2.45) is 0 Å². The number of hydrogen-bond acceptors (Lipinski definition) is 3. The summed E-state index contributed by atoms with van der Waals surface area (Å²) < 4.78 is 0. The van der Waals surface area contributed by atoms with E-state index in [1.54, 1.807) is 25.1 Å². The number of hydrogen-bond donors (Lipinski definition) is 4. The van der Waals surface area contributed by atoms with Crippen LogP contribution < -0.4 is 10.6 Å². The second-order valence-corrected chi connectivity index (χ2v) is 5.27. The molecule has 0 radical (unpaired) electrons. The standard InChI is InChI=1S/C13H16Cl2N2O4/c1-7(9-3-2-8(14)6-10(9)15)17-13(21)16-5-4-11(18)12(19)20/h2-3,6-7,11,18H,4-5H2,1H3,(H,19,20)(H2,16,17,21). The minimum Gasteiger partial charge on any atom is -0.479 e. The molecule has 8 heteroatoms. The second-order valence-electron chi connectivity index (χ2n) is 4.43. The highest BCUT2D eigenvalue weighted by Crippen LogP contribution is 2.25. The third-order valence-corrected chi connectivity index (χ3v) is 3.33. The van der Waals surface area contributed by atoms with Gasteiger partial charge in [0.05, 0.1) is 6.04 Å². The van der Waals surface area contributed by atoms with Crippen LogP contribution in [-0.2, 0) is 4.79 Å². The lowest BCUT2D eigenvalue weighted by Gasteiger charge is -2.16. The molecule has 0 heterocycles. The van der Waals surface area contributed by atoms with E-state index < -0.39 is 18.1 Å². The van der Waals surface area contributed by atoms with Gasteiger partial charge in [-0.1, -0.05) is 29.3 Å². The van der Waals surface area contributed by atoms with Crippen LogP contribution in [0.25, 0.3) is 0 Å². The molecule has 0 aliphatic heterocycles. The van der Waals surface area contributed by atoms with Crippen molar-refractivity contribution in [1.82, 2.24) is 10.6 Å². The summed E-state index contributed by atoms with van der Waals surface area (Å²) in [5.41, 5.74) is 0.710. The monoisotopic (exact) mass is 334 g/mol. The first-order valence-corrected chi connectivity index (χ1v) is 6.97. The van der Waals surface area contributed by atoms with Crippen molar-refractivity contribution < 1.29 is 19.8 Å². The number of amides is 2. The fourth-order valence-corrected chi connectivity index (χ4v) is 2.20. The van der Waals surface area contributed by atoms with Gasteiger partial charge in [0.15, 0.2) is 6.10 Å². The molecule has 6 nitrogen and oxygen atoms in total. The van der Waals surface area contributed by atoms with Gasteiger partial charge in [-0.25, -0.2) is 9.59 Å². The van der Waals surface area contributed by atoms with Crippen LogP contribution in [0.3, 0.4) is 0 Å². The third-order valence-electron chi connectivity index (χ3n) is 2.76. The van der Waals surface area contributed by atoms with Crippen molar-refractivity contribution in [3.8, 4) is 0 Å². The molecule has 4 N–H and O–H groups in total. The molecule has 0 aliphatic rings. The Bertz CT molecular complexity index is 525. The van der Waals surface area contributed by atoms with E-state index in [4.69, 9.17) is 33.4 Å². The quantitative estimate of drug-likeness (QED) is 0.640. The lowest BCUT2D eigenvalue weighted by Crippen LogP contribution is -2.39. The highest BCUT2D eigenvalue weighted by Gasteiger charge is 2.15. The Labute approximate surface area is 132 Å². The van der Waals surface area contributed by atoms with E-state index in [0.29, 0.717) is 15.6 Å². The van der Waals surface area contributed by atoms with Gasteiger partial charge in [0.2, 0.25) is 0 Å². The number of benzene rings is 1. The van der Waals surface area contributed by atoms with Gasteiger partial charge >= 0.3 is 12.0 Å². The summed E-state index contributed by atoms with van der Waals surface area (Å²) in [4.78, 5) is 22.0. The summed E-state index contributed by atoms with van der Waals surface area (Å²) >= 11 is 11.8. The fourth-order valence-electron chi connectivity index (χ4n) is 1.62. The summed E-state index contributed by atoms with van der Waals surface area (Å²) in [6, 6.07) is 4.13. The van der Waals surface area contributed by atoms with Gasteiger partial charge in [-0.05, 0) is 24.6 Å². The van der Waals surface area contributed by atoms with Crippen molar-refractivity contribution in [3.05, 3.63) is 33.8 Å². The number of aliphatic hydroxyl groups is 1. The highest BCUT2D eigenvalue weighted by molar-refractivity contribution is 6.35. The Morgan fingerprint density at radius 3 is 2.57 bits per heavy atom. The largest absolute Gasteiger partial charge is 0.479 e. The number of urea groups is 1. The van der Waals surface area contributed by atoms with Crippen molar-refractivity contribution in [1.29, 1.82) is 0 Å². The first kappa shape index (κ1) is 17.6. The smallest absolute Gasteiger partial charge is 0.332 e. The van der Waals surface area contributed by atoms with Crippen LogP contribution in [0.1, 0.15) is 24.9 Å². The Morgan fingerprint density at radius 1 is 1.33 bits per heavy atom. The number of carbonyl (C=O) groups is 2. The SMILES string of the molecule is CC(NC(=O)NCCC(O)C(=O)O)c1ccc(Cl)cc1Cl. The number of nitrogens with one attached hydrogen (secondary N) is 2. The summed E-state index contributed by atoms with van der Waals surface area (Å²) in [5, 5.41) is 23.6. The molecule has 2 unspecified atom stereocenters. The Balaban J connectivity index is 2.45. The Morgan fingerprint density at radius 2 is 2.00 bits per heavy atom. The number of carboxylic acid groups (broad SMARTS) is 1. The van der Waals surface area contributed by atoms with Gasteiger partial charge in [-0.15, -0.1) is 0 Å². The molecule has 0 spiro atoms. The number of aliphatic hydroxyl groups excluding tert-OH is 1. The first-order valence-electron chi connectivity index (χ1n) is 6.21. The molecule has 116 valence electrons. The maximum atomic E-state index is 11.6. The van der Waals surface area contributed by atoms with Crippen LogP contribution in [0.15, 0.2) is 18.2 Å². The molecule has 0 aromatic heterocycles. The van der Waals surface area contributed by atoms with E-state index >= 15 is 0 Å². The van der Waals surface area contributed by atoms with E-state index in [1.807, 2.05) is 0 Å². The van der Waals surface area contributed by atoms with E-state index in [-0.39, 0.29) is 19.0 Å². The van der Waals surface area contributed by atoms with Gasteiger partial charge in [0, 0.05) is 23.0 Å². The van der Waals surface area contributed by atoms with Crippen LogP contribution in [0.2, 0.25) is 10.0 Å². The van der Waals surface area contributed by atoms with Gasteiger partial charge in [0.25, 0.3) is 0 Å². The molecule has 0 saturated carbocycles. The van der Waals surface area contributed by atoms with Crippen LogP contribution in [-0.4, -0.2) is 34.9 Å². The van der Waals surface area contributed by atoms with Crippen LogP contribution >= 0.6 is 23.2 Å². The zero-order valence-corrected chi connectivity index (χ0v) is 12.8. The number of carbonyl (C=O) groups excluding carboxylic acids is 1. The van der Waals surface area contributed by atoms with E-state index in [0.717, 1.165) is 0 Å². The Kier molecular flexibility index (Phi) is 6.74. The molecule has 1 rings (SSSR count). The van der Waals surface area contributed by atoms with Crippen LogP contribution in [0, 0.1) is 0 Å². The topological polar surface area (TPSA) is 98.7 Å². The van der Waals surface area contributed by atoms with Gasteiger partial charge < -0.3 is 20.8 Å². The average Bonchev–Trinajstić information content (AvgIpc) is 2.37. The van der Waals surface area contributed by atoms with Gasteiger partial charge in [-0.2, -0.15) is 0 Å². The molecule has 0 bridgehead atoms. The molecule has 1 aromatic rings. The summed E-state index contributed by atoms with van der Waals surface area (Å²) in [6.45, 7) is 1.79. The first-order chi connectivity index (χ1) is 9.81. The van der Waals surface area contributed by atoms with Crippen molar-refractivity contribution in [3.63, 3.8) is 0 Å². The third kappa shape index (κ3) is 5.79. The lowest BCUT2D eigenvalue weighted by atomic mass is 10.1. The minimum atomic E-state index is -1.49. The van der Waals surface area contributed by atoms with Crippen LogP contribution in [0.4, 0.5) is 4.79 Å². The molecule has 0 aliphatic carbocycles. The zero-order valence-electron chi connectivity index (χ0n) is 11.3. The molecule has 0 saturated heterocycles. The molecule has 2 atom stereocenters. The van der Waals surface area contributed by atoms with Crippen molar-refractivity contribution in [2.45, 2.75) is 25.5 Å². The molecule has 21 heavy (non-hydrogen) atoms. The number of carboxylic acids is 1. The van der Waals surface area contributed by atoms with E-state index in [1.165, 1.54) is 0 Å². The average molecular weight is 335 g/mol. The van der Waals surface area contributed by atoms with E-state index in [9.17, 15) is 9.59 Å². The number of rotatable bonds is 6. The normalized spacial score (nSPS) is 13.3. The second kappa shape index (κ2) is 8.07. The molecular formula is C13H16Cl2N2O4. The fraction of sp³-hybridized carbons (Fsp3) is 0.385. The van der Waals surface area contributed by atoms with Gasteiger partial charge in [0.1, 0.15) is 0 Å². The molecule has 1 aromatic carbocycles. The summed E-state index contributed by atoms with van der Waals surface area (Å²) in [7, 11) is 0. The number of halogens is 2. The summed E-state index contributed by atoms with van der Waals surface area (Å²) in [5.74, 6) is -1.32. The number of aliphatic carboxylic acids is 1. The summed E-state index contributed by atoms with van der Waals surface area (Å²) in [6.07, 6.45) is -1.56. The van der Waals surface area contributed by atoms with Crippen LogP contribution in [0.5, 0.6) is 0 Å². The molecular weight excluding hydrogens is 319 g/mol. The van der Waals surface area contributed by atoms with Crippen molar-refractivity contribution in [2.75, 3.05) is 6.54 Å². The minimum absolute atomic E-state index is 0.0420. The predicted octanol–water partition coefficient (Wildman–Crippen LogP) is 2.19. The van der Waals surface area contributed by atoms with E-state index in [2.05, 4.69) is 10.6 Å². The highest BCUT2D eigenvalue weighted by atomic mass is 35.5. The van der Waals surface area contributed by atoms with Crippen molar-refractivity contribution >= 4 is 35.2 Å². The van der Waals surface area contributed by atoms with Gasteiger partial charge in [-0.3, -0.25) is 0 Å². The maximum absolute atomic E-state index is 11.6. The molecule has 0 fully saturated rings. The lowest BCUT2D eigenvalue weighted by molar-refractivity contribution is -0.146. The zero-order chi connectivity index (χ0) is 16.0. The Hall–Kier alpha value is -1.50. The molecule has 2 amide bonds. The maximum Gasteiger partial charge on any atom is 0.332 e.